The Hall–Kier alpha value is -2.48. The number of nitrogens with zero attached hydrogens (tertiary/aromatic N) is 2. The van der Waals surface area contributed by atoms with Crippen LogP contribution >= 0.6 is 11.3 Å². The summed E-state index contributed by atoms with van der Waals surface area (Å²) in [6.45, 7) is 2.20. The molecule has 2 N–H and O–H groups in total. The standard InChI is InChI=1S/C12H11N3O4S/c1-7-10(20-6-14-7)5-13-9-4-2-3-8(12(16)17)11(9)15(18)19/h2-4,6,13H,5H2,1H3,(H,16,17). The summed E-state index contributed by atoms with van der Waals surface area (Å²) in [6, 6.07) is 4.17. The Morgan fingerprint density at radius 1 is 1.55 bits per heavy atom. The highest BCUT2D eigenvalue weighted by atomic mass is 32.1. The predicted octanol–water partition coefficient (Wildman–Crippen LogP) is 2.67. The largest absolute Gasteiger partial charge is 0.477 e. The van der Waals surface area contributed by atoms with Crippen molar-refractivity contribution in [3.8, 4) is 0 Å². The van der Waals surface area contributed by atoms with Gasteiger partial charge in [0.05, 0.1) is 22.7 Å². The highest BCUT2D eigenvalue weighted by molar-refractivity contribution is 7.09. The van der Waals surface area contributed by atoms with Gasteiger partial charge in [0.25, 0.3) is 0 Å². The lowest BCUT2D eigenvalue weighted by atomic mass is 10.1. The maximum atomic E-state index is 11.1. The molecule has 2 aromatic rings. The second-order valence-corrected chi connectivity index (χ2v) is 4.92. The Bertz CT molecular complexity index is 668. The molecule has 0 unspecified atom stereocenters. The van der Waals surface area contributed by atoms with Crippen molar-refractivity contribution in [3.05, 3.63) is 50.0 Å². The van der Waals surface area contributed by atoms with Gasteiger partial charge in [0.1, 0.15) is 11.3 Å². The van der Waals surface area contributed by atoms with Crippen molar-refractivity contribution in [3.63, 3.8) is 0 Å². The number of rotatable bonds is 5. The number of para-hydroxylation sites is 1. The minimum absolute atomic E-state index is 0.183. The lowest BCUT2D eigenvalue weighted by Crippen LogP contribution is -2.07. The Morgan fingerprint density at radius 3 is 2.85 bits per heavy atom. The summed E-state index contributed by atoms with van der Waals surface area (Å²) in [7, 11) is 0. The van der Waals surface area contributed by atoms with E-state index < -0.39 is 16.6 Å². The molecule has 7 nitrogen and oxygen atoms in total. The number of hydrogen-bond donors (Lipinski definition) is 2. The third-order valence-electron chi connectivity index (χ3n) is 2.73. The number of carboxylic acid groups (broad SMARTS) is 1. The third kappa shape index (κ3) is 2.75. The first-order valence-corrected chi connectivity index (χ1v) is 6.52. The fourth-order valence-corrected chi connectivity index (χ4v) is 2.44. The zero-order valence-electron chi connectivity index (χ0n) is 10.5. The van der Waals surface area contributed by atoms with Crippen molar-refractivity contribution in [1.29, 1.82) is 0 Å². The molecular formula is C12H11N3O4S. The van der Waals surface area contributed by atoms with Crippen LogP contribution in [-0.4, -0.2) is 21.0 Å². The topological polar surface area (TPSA) is 105 Å². The Morgan fingerprint density at radius 2 is 2.30 bits per heavy atom. The summed E-state index contributed by atoms with van der Waals surface area (Å²) in [5.41, 5.74) is 1.96. The molecule has 0 saturated heterocycles. The summed E-state index contributed by atoms with van der Waals surface area (Å²) in [5, 5.41) is 23.0. The van der Waals surface area contributed by atoms with Crippen LogP contribution in [0.2, 0.25) is 0 Å². The van der Waals surface area contributed by atoms with Gasteiger partial charge in [0, 0.05) is 4.88 Å². The van der Waals surface area contributed by atoms with Crippen LogP contribution < -0.4 is 5.32 Å². The Labute approximate surface area is 118 Å². The van der Waals surface area contributed by atoms with Crippen molar-refractivity contribution >= 4 is 28.7 Å². The van der Waals surface area contributed by atoms with Gasteiger partial charge in [0.15, 0.2) is 0 Å². The molecule has 0 aliphatic heterocycles. The van der Waals surface area contributed by atoms with Crippen molar-refractivity contribution in [2.75, 3.05) is 5.32 Å². The molecule has 0 aliphatic rings. The first-order valence-electron chi connectivity index (χ1n) is 5.64. The fraction of sp³-hybridized carbons (Fsp3) is 0.167. The SMILES string of the molecule is Cc1ncsc1CNc1cccc(C(=O)O)c1[N+](=O)[O-]. The minimum Gasteiger partial charge on any atom is -0.477 e. The van der Waals surface area contributed by atoms with Crippen LogP contribution in [0.15, 0.2) is 23.7 Å². The van der Waals surface area contributed by atoms with E-state index in [1.165, 1.54) is 29.5 Å². The van der Waals surface area contributed by atoms with E-state index in [0.29, 0.717) is 6.54 Å². The van der Waals surface area contributed by atoms with E-state index in [1.54, 1.807) is 5.51 Å². The van der Waals surface area contributed by atoms with E-state index in [0.717, 1.165) is 10.6 Å². The smallest absolute Gasteiger partial charge is 0.342 e. The number of aromatic carboxylic acids is 1. The molecule has 0 amide bonds. The molecule has 1 aromatic heterocycles. The van der Waals surface area contributed by atoms with Gasteiger partial charge in [-0.3, -0.25) is 10.1 Å². The number of nitro benzene ring substituents is 1. The van der Waals surface area contributed by atoms with Gasteiger partial charge in [-0.05, 0) is 19.1 Å². The molecule has 0 bridgehead atoms. The molecule has 0 aliphatic carbocycles. The third-order valence-corrected chi connectivity index (χ3v) is 3.67. The van der Waals surface area contributed by atoms with Crippen molar-refractivity contribution in [2.24, 2.45) is 0 Å². The van der Waals surface area contributed by atoms with E-state index in [4.69, 9.17) is 5.11 Å². The monoisotopic (exact) mass is 293 g/mol. The quantitative estimate of drug-likeness (QED) is 0.648. The number of nitro groups is 1. The van der Waals surface area contributed by atoms with Crippen molar-refractivity contribution in [1.82, 2.24) is 4.98 Å². The second-order valence-electron chi connectivity index (χ2n) is 3.98. The van der Waals surface area contributed by atoms with Crippen molar-refractivity contribution in [2.45, 2.75) is 13.5 Å². The van der Waals surface area contributed by atoms with Crippen molar-refractivity contribution < 1.29 is 14.8 Å². The number of carbonyl (C=O) groups is 1. The maximum absolute atomic E-state index is 11.1. The molecule has 0 atom stereocenters. The molecule has 2 rings (SSSR count). The summed E-state index contributed by atoms with van der Waals surface area (Å²) in [6.07, 6.45) is 0. The van der Waals surface area contributed by atoms with E-state index in [-0.39, 0.29) is 11.3 Å². The first-order chi connectivity index (χ1) is 9.50. The van der Waals surface area contributed by atoms with Gasteiger partial charge in [-0.1, -0.05) is 6.07 Å². The van der Waals surface area contributed by atoms with Gasteiger partial charge in [-0.15, -0.1) is 11.3 Å². The van der Waals surface area contributed by atoms with Crippen LogP contribution in [0.1, 0.15) is 20.9 Å². The minimum atomic E-state index is -1.32. The molecule has 0 saturated carbocycles. The number of thiazole rings is 1. The highest BCUT2D eigenvalue weighted by Crippen LogP contribution is 2.29. The normalized spacial score (nSPS) is 10.2. The number of aromatic nitrogens is 1. The van der Waals surface area contributed by atoms with E-state index in [1.807, 2.05) is 6.92 Å². The highest BCUT2D eigenvalue weighted by Gasteiger charge is 2.24. The average molecular weight is 293 g/mol. The fourth-order valence-electron chi connectivity index (χ4n) is 1.73. The van der Waals surface area contributed by atoms with Crippen LogP contribution in [0.3, 0.4) is 0 Å². The van der Waals surface area contributed by atoms with E-state index in [9.17, 15) is 14.9 Å². The maximum Gasteiger partial charge on any atom is 0.342 e. The lowest BCUT2D eigenvalue weighted by Gasteiger charge is -2.08. The number of benzene rings is 1. The summed E-state index contributed by atoms with van der Waals surface area (Å²) < 4.78 is 0. The molecule has 0 fully saturated rings. The molecule has 104 valence electrons. The molecule has 20 heavy (non-hydrogen) atoms. The number of hydrogen-bond acceptors (Lipinski definition) is 6. The van der Waals surface area contributed by atoms with Gasteiger partial charge in [-0.25, -0.2) is 9.78 Å². The van der Waals surface area contributed by atoms with Crippen LogP contribution in [0, 0.1) is 17.0 Å². The Balaban J connectivity index is 2.32. The second kappa shape index (κ2) is 5.66. The molecule has 8 heteroatoms. The van der Waals surface area contributed by atoms with Gasteiger partial charge in [-0.2, -0.15) is 0 Å². The van der Waals surface area contributed by atoms with Gasteiger partial charge >= 0.3 is 11.7 Å². The summed E-state index contributed by atoms with van der Waals surface area (Å²) in [4.78, 5) is 26.4. The number of nitrogens with one attached hydrogen (secondary N) is 1. The average Bonchev–Trinajstić information content (AvgIpc) is 2.81. The molecular weight excluding hydrogens is 282 g/mol. The zero-order valence-corrected chi connectivity index (χ0v) is 11.3. The van der Waals surface area contributed by atoms with E-state index >= 15 is 0 Å². The summed E-state index contributed by atoms with van der Waals surface area (Å²) in [5.74, 6) is -1.32. The lowest BCUT2D eigenvalue weighted by molar-refractivity contribution is -0.384. The molecule has 0 spiro atoms. The zero-order chi connectivity index (χ0) is 14.7. The van der Waals surface area contributed by atoms with Gasteiger partial charge < -0.3 is 10.4 Å². The summed E-state index contributed by atoms with van der Waals surface area (Å²) >= 11 is 1.43. The Kier molecular flexibility index (Phi) is 3.94. The molecule has 1 heterocycles. The number of carboxylic acids is 1. The first kappa shape index (κ1) is 13.9. The molecule has 1 aromatic carbocycles. The molecule has 0 radical (unpaired) electrons. The predicted molar refractivity (Wildman–Crippen MR) is 74.2 cm³/mol. The van der Waals surface area contributed by atoms with Crippen LogP contribution in [-0.2, 0) is 6.54 Å². The number of anilines is 1. The van der Waals surface area contributed by atoms with Crippen LogP contribution in [0.5, 0.6) is 0 Å². The van der Waals surface area contributed by atoms with E-state index in [2.05, 4.69) is 10.3 Å². The number of aryl methyl sites for hydroxylation is 1. The van der Waals surface area contributed by atoms with Crippen LogP contribution in [0.25, 0.3) is 0 Å². The van der Waals surface area contributed by atoms with Crippen LogP contribution in [0.4, 0.5) is 11.4 Å². The van der Waals surface area contributed by atoms with Gasteiger partial charge in [0.2, 0.25) is 0 Å².